The maximum Gasteiger partial charge on any atom is 0.276 e. The van der Waals surface area contributed by atoms with E-state index in [-0.39, 0.29) is 5.91 Å². The fourth-order valence-electron chi connectivity index (χ4n) is 2.38. The van der Waals surface area contributed by atoms with Gasteiger partial charge in [-0.1, -0.05) is 5.16 Å². The van der Waals surface area contributed by atoms with E-state index in [9.17, 15) is 4.79 Å². The third-order valence-electron chi connectivity index (χ3n) is 3.55. The van der Waals surface area contributed by atoms with Gasteiger partial charge in [-0.3, -0.25) is 4.79 Å². The number of rotatable bonds is 2. The van der Waals surface area contributed by atoms with Gasteiger partial charge in [-0.2, -0.15) is 0 Å². The van der Waals surface area contributed by atoms with Gasteiger partial charge in [0.05, 0.1) is 11.9 Å². The number of carbonyl (C=O) groups is 1. The largest absolute Gasteiger partial charge is 0.384 e. The second kappa shape index (κ2) is 5.43. The van der Waals surface area contributed by atoms with E-state index in [4.69, 9.17) is 10.3 Å². The molecule has 0 unspecified atom stereocenters. The van der Waals surface area contributed by atoms with Crippen molar-refractivity contribution in [1.29, 1.82) is 0 Å². The maximum atomic E-state index is 12.3. The molecule has 1 amide bonds. The number of carbonyl (C=O) groups excluding carboxylic acids is 1. The number of hydrogen-bond donors (Lipinski definition) is 1. The minimum absolute atomic E-state index is 0.0815. The predicted molar refractivity (Wildman–Crippen MR) is 78.0 cm³/mol. The van der Waals surface area contributed by atoms with Gasteiger partial charge in [0.1, 0.15) is 11.6 Å². The molecule has 1 aliphatic rings. The van der Waals surface area contributed by atoms with Crippen LogP contribution in [0.1, 0.15) is 16.2 Å². The van der Waals surface area contributed by atoms with Crippen molar-refractivity contribution in [3.05, 3.63) is 35.9 Å². The minimum atomic E-state index is -0.0815. The Bertz CT molecular complexity index is 629. The van der Waals surface area contributed by atoms with Gasteiger partial charge in [0.2, 0.25) is 0 Å². The molecule has 3 heterocycles. The lowest BCUT2D eigenvalue weighted by molar-refractivity contribution is 0.0736. The summed E-state index contributed by atoms with van der Waals surface area (Å²) in [6.07, 6.45) is 1.76. The lowest BCUT2D eigenvalue weighted by atomic mass is 10.2. The summed E-state index contributed by atoms with van der Waals surface area (Å²) >= 11 is 0. The predicted octanol–water partition coefficient (Wildman–Crippen LogP) is 0.923. The lowest BCUT2D eigenvalue weighted by Crippen LogP contribution is -2.48. The van der Waals surface area contributed by atoms with Gasteiger partial charge in [0.15, 0.2) is 5.69 Å². The van der Waals surface area contributed by atoms with Crippen molar-refractivity contribution < 1.29 is 9.32 Å². The number of aromatic nitrogens is 2. The highest BCUT2D eigenvalue weighted by atomic mass is 16.5. The first-order chi connectivity index (χ1) is 10.1. The van der Waals surface area contributed by atoms with Crippen LogP contribution in [0.3, 0.4) is 0 Å². The van der Waals surface area contributed by atoms with Crippen LogP contribution < -0.4 is 10.6 Å². The number of nitrogens with zero attached hydrogens (tertiary/aromatic N) is 4. The van der Waals surface area contributed by atoms with Crippen molar-refractivity contribution >= 4 is 17.4 Å². The van der Waals surface area contributed by atoms with Crippen molar-refractivity contribution in [2.24, 2.45) is 0 Å². The molecule has 0 aromatic carbocycles. The van der Waals surface area contributed by atoms with Crippen LogP contribution in [0, 0.1) is 6.92 Å². The Labute approximate surface area is 122 Å². The zero-order valence-electron chi connectivity index (χ0n) is 11.8. The molecule has 3 rings (SSSR count). The van der Waals surface area contributed by atoms with Crippen LogP contribution >= 0.6 is 0 Å². The van der Waals surface area contributed by atoms with E-state index in [2.05, 4.69) is 15.0 Å². The molecule has 2 aromatic heterocycles. The van der Waals surface area contributed by atoms with E-state index in [0.717, 1.165) is 18.8 Å². The topological polar surface area (TPSA) is 88.5 Å². The van der Waals surface area contributed by atoms with E-state index < -0.39 is 0 Å². The zero-order chi connectivity index (χ0) is 14.8. The second-order valence-electron chi connectivity index (χ2n) is 5.04. The van der Waals surface area contributed by atoms with Gasteiger partial charge >= 0.3 is 0 Å². The maximum absolute atomic E-state index is 12.3. The number of amides is 1. The summed E-state index contributed by atoms with van der Waals surface area (Å²) in [7, 11) is 0. The monoisotopic (exact) mass is 287 g/mol. The van der Waals surface area contributed by atoms with Crippen molar-refractivity contribution in [2.75, 3.05) is 36.8 Å². The fraction of sp³-hybridized carbons (Fsp3) is 0.357. The van der Waals surface area contributed by atoms with Gasteiger partial charge in [0.25, 0.3) is 5.91 Å². The highest BCUT2D eigenvalue weighted by Gasteiger charge is 2.24. The molecule has 110 valence electrons. The molecule has 1 saturated heterocycles. The van der Waals surface area contributed by atoms with Crippen LogP contribution in [0.2, 0.25) is 0 Å². The van der Waals surface area contributed by atoms with Gasteiger partial charge < -0.3 is 20.1 Å². The summed E-state index contributed by atoms with van der Waals surface area (Å²) in [5.41, 5.74) is 6.98. The third-order valence-corrected chi connectivity index (χ3v) is 3.55. The molecule has 0 radical (unpaired) electrons. The van der Waals surface area contributed by atoms with Gasteiger partial charge in [-0.15, -0.1) is 0 Å². The summed E-state index contributed by atoms with van der Waals surface area (Å²) in [5.74, 6) is 1.07. The SMILES string of the molecule is Cc1cc(C(=O)N2CCN(c3ccc(N)nc3)CC2)no1. The van der Waals surface area contributed by atoms with E-state index in [0.29, 0.717) is 30.4 Å². The van der Waals surface area contributed by atoms with Crippen molar-refractivity contribution in [2.45, 2.75) is 6.92 Å². The van der Waals surface area contributed by atoms with Crippen molar-refractivity contribution in [3.8, 4) is 0 Å². The fourth-order valence-corrected chi connectivity index (χ4v) is 2.38. The Morgan fingerprint density at radius 3 is 2.62 bits per heavy atom. The molecule has 2 N–H and O–H groups in total. The molecule has 0 aliphatic carbocycles. The number of aryl methyl sites for hydroxylation is 1. The number of nitrogen functional groups attached to an aromatic ring is 1. The Morgan fingerprint density at radius 2 is 2.05 bits per heavy atom. The van der Waals surface area contributed by atoms with Crippen molar-refractivity contribution in [3.63, 3.8) is 0 Å². The van der Waals surface area contributed by atoms with E-state index in [1.807, 2.05) is 6.07 Å². The Morgan fingerprint density at radius 1 is 1.29 bits per heavy atom. The van der Waals surface area contributed by atoms with Crippen LogP contribution in [-0.2, 0) is 0 Å². The number of piperazine rings is 1. The zero-order valence-corrected chi connectivity index (χ0v) is 11.8. The Kier molecular flexibility index (Phi) is 3.47. The first kappa shape index (κ1) is 13.4. The average Bonchev–Trinajstić information content (AvgIpc) is 2.94. The molecule has 7 nitrogen and oxygen atoms in total. The van der Waals surface area contributed by atoms with E-state index in [1.165, 1.54) is 0 Å². The van der Waals surface area contributed by atoms with Crippen LogP contribution in [-0.4, -0.2) is 47.1 Å². The van der Waals surface area contributed by atoms with Gasteiger partial charge in [-0.25, -0.2) is 4.98 Å². The van der Waals surface area contributed by atoms with Crippen molar-refractivity contribution in [1.82, 2.24) is 15.0 Å². The number of hydrogen-bond acceptors (Lipinski definition) is 6. The third kappa shape index (κ3) is 2.81. The van der Waals surface area contributed by atoms with Crippen LogP contribution in [0.4, 0.5) is 11.5 Å². The highest BCUT2D eigenvalue weighted by Crippen LogP contribution is 2.17. The first-order valence-corrected chi connectivity index (χ1v) is 6.82. The van der Waals surface area contributed by atoms with Gasteiger partial charge in [0, 0.05) is 32.2 Å². The Hall–Kier alpha value is -2.57. The summed E-state index contributed by atoms with van der Waals surface area (Å²) < 4.78 is 4.95. The van der Waals surface area contributed by atoms with E-state index in [1.54, 1.807) is 30.2 Å². The van der Waals surface area contributed by atoms with Gasteiger partial charge in [-0.05, 0) is 19.1 Å². The molecular weight excluding hydrogens is 270 g/mol. The summed E-state index contributed by atoms with van der Waals surface area (Å²) in [4.78, 5) is 20.3. The summed E-state index contributed by atoms with van der Waals surface area (Å²) in [6.45, 7) is 4.59. The molecule has 1 fully saturated rings. The minimum Gasteiger partial charge on any atom is -0.384 e. The molecule has 7 heteroatoms. The summed E-state index contributed by atoms with van der Waals surface area (Å²) in [6, 6.07) is 5.39. The number of pyridine rings is 1. The molecule has 21 heavy (non-hydrogen) atoms. The number of nitrogens with two attached hydrogens (primary N) is 1. The van der Waals surface area contributed by atoms with E-state index >= 15 is 0 Å². The molecule has 0 spiro atoms. The molecule has 0 saturated carbocycles. The number of anilines is 2. The average molecular weight is 287 g/mol. The molecule has 2 aromatic rings. The quantitative estimate of drug-likeness (QED) is 0.883. The second-order valence-corrected chi connectivity index (χ2v) is 5.04. The van der Waals surface area contributed by atoms with Crippen LogP contribution in [0.15, 0.2) is 28.9 Å². The standard InChI is InChI=1S/C14H17N5O2/c1-10-8-12(17-21-10)14(20)19-6-4-18(5-7-19)11-2-3-13(15)16-9-11/h2-3,8-9H,4-7H2,1H3,(H2,15,16). The molecule has 0 atom stereocenters. The lowest BCUT2D eigenvalue weighted by Gasteiger charge is -2.35. The smallest absolute Gasteiger partial charge is 0.276 e. The summed E-state index contributed by atoms with van der Waals surface area (Å²) in [5, 5.41) is 3.77. The first-order valence-electron chi connectivity index (χ1n) is 6.82. The molecule has 1 aliphatic heterocycles. The normalized spacial score (nSPS) is 15.3. The highest BCUT2D eigenvalue weighted by molar-refractivity contribution is 5.92. The molecule has 0 bridgehead atoms. The Balaban J connectivity index is 1.62. The van der Waals surface area contributed by atoms with Crippen LogP contribution in [0.25, 0.3) is 0 Å². The van der Waals surface area contributed by atoms with Crippen LogP contribution in [0.5, 0.6) is 0 Å². The molecular formula is C14H17N5O2.